The Bertz CT molecular complexity index is 832. The van der Waals surface area contributed by atoms with E-state index in [9.17, 15) is 22.4 Å². The second-order valence-corrected chi connectivity index (χ2v) is 7.65. The van der Waals surface area contributed by atoms with Crippen LogP contribution in [0.3, 0.4) is 0 Å². The van der Waals surface area contributed by atoms with Crippen LogP contribution in [0.4, 0.5) is 4.39 Å². The number of hydrogen-bond acceptors (Lipinski definition) is 4. The summed E-state index contributed by atoms with van der Waals surface area (Å²) in [5.41, 5.74) is 5.25. The number of aryl methyl sites for hydroxylation is 1. The lowest BCUT2D eigenvalue weighted by molar-refractivity contribution is -0.128. The summed E-state index contributed by atoms with van der Waals surface area (Å²) in [5, 5.41) is 0. The molecular formula is C17H20FN3O4S. The molecule has 0 bridgehead atoms. The van der Waals surface area contributed by atoms with Gasteiger partial charge in [0.25, 0.3) is 5.91 Å². The summed E-state index contributed by atoms with van der Waals surface area (Å²) in [6, 6.07) is 6.17. The maximum absolute atomic E-state index is 12.8. The number of nitrogens with one attached hydrogen (secondary N) is 3. The number of benzene rings is 1. The van der Waals surface area contributed by atoms with Crippen LogP contribution in [0.15, 0.2) is 53.2 Å². The third kappa shape index (κ3) is 6.08. The third-order valence-corrected chi connectivity index (χ3v) is 5.10. The van der Waals surface area contributed by atoms with Crippen LogP contribution in [0, 0.1) is 12.8 Å². The van der Waals surface area contributed by atoms with Crippen LogP contribution in [-0.2, 0) is 19.6 Å². The fourth-order valence-electron chi connectivity index (χ4n) is 2.22. The molecule has 140 valence electrons. The first-order valence-corrected chi connectivity index (χ1v) is 9.42. The van der Waals surface area contributed by atoms with Crippen molar-refractivity contribution in [2.45, 2.75) is 24.7 Å². The molecule has 1 atom stereocenters. The summed E-state index contributed by atoms with van der Waals surface area (Å²) >= 11 is 0. The van der Waals surface area contributed by atoms with Gasteiger partial charge in [0.15, 0.2) is 0 Å². The molecule has 2 amide bonds. The fraction of sp³-hybridized carbons (Fsp3) is 0.294. The molecule has 0 aliphatic heterocycles. The molecule has 2 rings (SSSR count). The second kappa shape index (κ2) is 8.72. The van der Waals surface area contributed by atoms with Crippen molar-refractivity contribution in [1.29, 1.82) is 0 Å². The van der Waals surface area contributed by atoms with E-state index in [4.69, 9.17) is 0 Å². The molecule has 0 spiro atoms. The fourth-order valence-corrected chi connectivity index (χ4v) is 3.21. The Balaban J connectivity index is 1.74. The van der Waals surface area contributed by atoms with E-state index in [1.807, 2.05) is 6.92 Å². The molecule has 9 heteroatoms. The lowest BCUT2D eigenvalue weighted by atomic mass is 9.97. The van der Waals surface area contributed by atoms with Crippen LogP contribution in [-0.4, -0.2) is 26.8 Å². The maximum Gasteiger partial charge on any atom is 0.253 e. The first-order valence-electron chi connectivity index (χ1n) is 7.94. The highest BCUT2D eigenvalue weighted by Gasteiger charge is 2.16. The molecule has 0 radical (unpaired) electrons. The van der Waals surface area contributed by atoms with E-state index in [0.29, 0.717) is 6.42 Å². The SMILES string of the molecule is Cc1ccc(S(=O)(=O)NCC(=O)NNC(=O)CC2C=CC(F)=CC2)cc1. The van der Waals surface area contributed by atoms with Crippen molar-refractivity contribution in [3.63, 3.8) is 0 Å². The summed E-state index contributed by atoms with van der Waals surface area (Å²) in [6.45, 7) is 1.31. The predicted molar refractivity (Wildman–Crippen MR) is 93.7 cm³/mol. The molecule has 1 aliphatic carbocycles. The lowest BCUT2D eigenvalue weighted by Crippen LogP contribution is -2.46. The average Bonchev–Trinajstić information content (AvgIpc) is 2.61. The Kier molecular flexibility index (Phi) is 6.64. The highest BCUT2D eigenvalue weighted by Crippen LogP contribution is 2.19. The van der Waals surface area contributed by atoms with Gasteiger partial charge < -0.3 is 0 Å². The monoisotopic (exact) mass is 381 g/mol. The number of rotatable bonds is 6. The van der Waals surface area contributed by atoms with Gasteiger partial charge in [0.05, 0.1) is 11.4 Å². The standard InChI is InChI=1S/C17H20FN3O4S/c1-12-2-8-15(9-3-12)26(24,25)19-11-17(23)21-20-16(22)10-13-4-6-14(18)7-5-13/h2-4,6-9,13,19H,5,10-11H2,1H3,(H,20,22)(H,21,23). The highest BCUT2D eigenvalue weighted by atomic mass is 32.2. The van der Waals surface area contributed by atoms with Crippen LogP contribution in [0.2, 0.25) is 0 Å². The quantitative estimate of drug-likeness (QED) is 0.645. The number of amides is 2. The van der Waals surface area contributed by atoms with Crippen LogP contribution in [0.5, 0.6) is 0 Å². The Morgan fingerprint density at radius 1 is 1.15 bits per heavy atom. The maximum atomic E-state index is 12.8. The van der Waals surface area contributed by atoms with Gasteiger partial charge in [0.2, 0.25) is 15.9 Å². The number of halogens is 1. The van der Waals surface area contributed by atoms with Gasteiger partial charge in [0.1, 0.15) is 5.83 Å². The van der Waals surface area contributed by atoms with Crippen LogP contribution in [0.25, 0.3) is 0 Å². The third-order valence-electron chi connectivity index (χ3n) is 3.69. The van der Waals surface area contributed by atoms with E-state index in [0.717, 1.165) is 5.56 Å². The van der Waals surface area contributed by atoms with Gasteiger partial charge in [-0.25, -0.2) is 17.5 Å². The Morgan fingerprint density at radius 3 is 2.42 bits per heavy atom. The zero-order valence-electron chi connectivity index (χ0n) is 14.2. The average molecular weight is 381 g/mol. The number of carbonyl (C=O) groups excluding carboxylic acids is 2. The van der Waals surface area contributed by atoms with E-state index in [1.165, 1.54) is 24.3 Å². The molecular weight excluding hydrogens is 361 g/mol. The van der Waals surface area contributed by atoms with Crippen molar-refractivity contribution in [2.75, 3.05) is 6.54 Å². The Labute approximate surface area is 151 Å². The largest absolute Gasteiger partial charge is 0.273 e. The van der Waals surface area contributed by atoms with Gasteiger partial charge in [-0.3, -0.25) is 20.4 Å². The van der Waals surface area contributed by atoms with Gasteiger partial charge in [-0.2, -0.15) is 0 Å². The Morgan fingerprint density at radius 2 is 1.81 bits per heavy atom. The number of sulfonamides is 1. The van der Waals surface area contributed by atoms with Crippen molar-refractivity contribution >= 4 is 21.8 Å². The molecule has 1 aromatic carbocycles. The van der Waals surface area contributed by atoms with Crippen molar-refractivity contribution in [2.24, 2.45) is 5.92 Å². The summed E-state index contributed by atoms with van der Waals surface area (Å²) < 4.78 is 39.1. The van der Waals surface area contributed by atoms with Crippen LogP contribution in [0.1, 0.15) is 18.4 Å². The summed E-state index contributed by atoms with van der Waals surface area (Å²) in [6.07, 6.45) is 4.75. The summed E-state index contributed by atoms with van der Waals surface area (Å²) in [5.74, 6) is -1.65. The number of carbonyl (C=O) groups is 2. The molecule has 0 heterocycles. The number of hydrogen-bond donors (Lipinski definition) is 3. The minimum atomic E-state index is -3.81. The normalized spacial score (nSPS) is 16.7. The lowest BCUT2D eigenvalue weighted by Gasteiger charge is -2.14. The minimum absolute atomic E-state index is 0.0457. The molecule has 1 aliphatic rings. The first kappa shape index (κ1) is 19.8. The van der Waals surface area contributed by atoms with E-state index < -0.39 is 28.4 Å². The molecule has 26 heavy (non-hydrogen) atoms. The van der Waals surface area contributed by atoms with Crippen LogP contribution < -0.4 is 15.6 Å². The molecule has 7 nitrogen and oxygen atoms in total. The van der Waals surface area contributed by atoms with Crippen molar-refractivity contribution in [3.8, 4) is 0 Å². The molecule has 0 aromatic heterocycles. The zero-order chi connectivity index (χ0) is 19.2. The first-order chi connectivity index (χ1) is 12.3. The van der Waals surface area contributed by atoms with Gasteiger partial charge in [-0.05, 0) is 43.5 Å². The minimum Gasteiger partial charge on any atom is -0.273 e. The van der Waals surface area contributed by atoms with Crippen molar-refractivity contribution < 1.29 is 22.4 Å². The molecule has 0 saturated carbocycles. The smallest absolute Gasteiger partial charge is 0.253 e. The van der Waals surface area contributed by atoms with Gasteiger partial charge in [-0.15, -0.1) is 0 Å². The van der Waals surface area contributed by atoms with Crippen molar-refractivity contribution in [3.05, 3.63) is 53.9 Å². The number of allylic oxidation sites excluding steroid dienone is 4. The van der Waals surface area contributed by atoms with Gasteiger partial charge >= 0.3 is 0 Å². The van der Waals surface area contributed by atoms with E-state index in [-0.39, 0.29) is 23.1 Å². The molecule has 1 aromatic rings. The highest BCUT2D eigenvalue weighted by molar-refractivity contribution is 7.89. The summed E-state index contributed by atoms with van der Waals surface area (Å²) in [7, 11) is -3.81. The number of hydrazine groups is 1. The molecule has 3 N–H and O–H groups in total. The van der Waals surface area contributed by atoms with E-state index >= 15 is 0 Å². The predicted octanol–water partition coefficient (Wildman–Crippen LogP) is 1.24. The van der Waals surface area contributed by atoms with Gasteiger partial charge in [-0.1, -0.05) is 23.8 Å². The van der Waals surface area contributed by atoms with Crippen LogP contribution >= 0.6 is 0 Å². The van der Waals surface area contributed by atoms with Crippen molar-refractivity contribution in [1.82, 2.24) is 15.6 Å². The second-order valence-electron chi connectivity index (χ2n) is 5.88. The topological polar surface area (TPSA) is 104 Å². The molecule has 1 unspecified atom stereocenters. The summed E-state index contributed by atoms with van der Waals surface area (Å²) in [4.78, 5) is 23.5. The Hall–Kier alpha value is -2.52. The van der Waals surface area contributed by atoms with E-state index in [1.54, 1.807) is 18.2 Å². The zero-order valence-corrected chi connectivity index (χ0v) is 15.0. The van der Waals surface area contributed by atoms with Gasteiger partial charge in [0, 0.05) is 6.42 Å². The van der Waals surface area contributed by atoms with E-state index in [2.05, 4.69) is 15.6 Å². The molecule has 0 fully saturated rings. The molecule has 0 saturated heterocycles.